The number of amides is 2. The van der Waals surface area contributed by atoms with E-state index in [1.54, 1.807) is 0 Å². The van der Waals surface area contributed by atoms with Crippen LogP contribution in [-0.4, -0.2) is 49.6 Å². The quantitative estimate of drug-likeness (QED) is 0.133. The van der Waals surface area contributed by atoms with E-state index >= 15 is 0 Å². The van der Waals surface area contributed by atoms with E-state index in [0.29, 0.717) is 0 Å². The van der Waals surface area contributed by atoms with E-state index in [1.807, 2.05) is 0 Å². The number of methoxy groups -OCH3 is 2. The molecule has 47 heavy (non-hydrogen) atoms. The summed E-state index contributed by atoms with van der Waals surface area (Å²) in [6.45, 7) is -13.3. The predicted octanol–water partition coefficient (Wildman–Crippen LogP) is 7.78. The van der Waals surface area contributed by atoms with E-state index < -0.39 is 206 Å². The van der Waals surface area contributed by atoms with Crippen LogP contribution in [-0.2, 0) is 9.47 Å². The van der Waals surface area contributed by atoms with E-state index in [4.69, 9.17) is 51.3 Å². The second kappa shape index (κ2) is 24.5. The molecule has 0 aliphatic carbocycles. The third-order valence-electron chi connectivity index (χ3n) is 4.05. The molecule has 2 atom stereocenters. The Kier molecular flexibility index (Phi) is 6.66. The molecule has 256 valence electrons. The van der Waals surface area contributed by atoms with Gasteiger partial charge >= 0.3 is 12.2 Å². The summed E-state index contributed by atoms with van der Waals surface area (Å²) in [6.07, 6.45) is -18.1. The number of phenolic OH excluding ortho intramolecular Hbond substituents is 1. The smallest absolute Gasteiger partial charge is 0.406 e. The average Bonchev–Trinajstić information content (AvgIpc) is 3.32. The number of aliphatic hydroxyl groups is 1. The van der Waals surface area contributed by atoms with Gasteiger partial charge in [0.05, 0.1) is 47.7 Å². The number of carbonyl (C=O) groups excluding carboxylic acids is 2. The third kappa shape index (κ3) is 17.0. The van der Waals surface area contributed by atoms with Crippen LogP contribution in [0.1, 0.15) is 101 Å². The average molecular weight is 701 g/mol. The van der Waals surface area contributed by atoms with E-state index in [-0.39, 0.29) is 20.9 Å². The van der Waals surface area contributed by atoms with Gasteiger partial charge < -0.3 is 35.1 Å². The second-order valence-corrected chi connectivity index (χ2v) is 6.94. The highest BCUT2D eigenvalue weighted by molar-refractivity contribution is 7.59. The Morgan fingerprint density at radius 3 is 1.79 bits per heavy atom. The molecule has 4 aromatic rings. The molecule has 4 N–H and O–H groups in total. The highest BCUT2D eigenvalue weighted by Gasteiger charge is 2.15. The predicted molar refractivity (Wildman–Crippen MR) is 192 cm³/mol. The molecule has 0 spiro atoms. The molecule has 0 saturated carbocycles. The van der Waals surface area contributed by atoms with Crippen molar-refractivity contribution in [3.8, 4) is 11.5 Å². The summed E-state index contributed by atoms with van der Waals surface area (Å²) in [4.78, 5) is 23.0. The number of alkyl carbamates (subject to hydrolysis) is 2. The number of hydrogen-bond donors (Lipinski definition) is 4. The van der Waals surface area contributed by atoms with Crippen molar-refractivity contribution in [3.05, 3.63) is 131 Å². The van der Waals surface area contributed by atoms with E-state index in [9.17, 15) is 19.8 Å². The summed E-state index contributed by atoms with van der Waals surface area (Å²) < 4.78 is 278. The number of phenols is 1. The molecule has 0 saturated heterocycles. The lowest BCUT2D eigenvalue weighted by Crippen LogP contribution is -2.26. The SMILES string of the molecule is C.S.[2H]c1c([2H])c([2H])c(C([2H])([2H])[2H])c(O)c1[2H].[2H]c1c([2H])c([2H])c([C@@]([2H])(O)C([2H])([2H])C([2H])([2H])NC(=O)OC)c([2H])c1[2H].[2H]c1c([2H])c([2H])c([C@]([2H])(Oc2c([2H])c([2H])c([2H])c([2H])c2C([2H])([2H])[2H])C([2H])([2H])C([2H])([2H])NC(=O)OC)c([2H])c1[2H]. The Balaban J connectivity index is 0.00000130. The van der Waals surface area contributed by atoms with Crippen molar-refractivity contribution < 1.29 is 80.6 Å². The molecule has 0 radical (unpaired) electrons. The molecular formula is C37H50N2O7S. The van der Waals surface area contributed by atoms with Crippen molar-refractivity contribution in [1.82, 2.24) is 10.6 Å². The first kappa shape index (κ1) is 12.7. The zero-order chi connectivity index (χ0) is 62.5. The third-order valence-corrected chi connectivity index (χ3v) is 4.05. The molecule has 10 heteroatoms. The molecule has 0 unspecified atom stereocenters. The normalized spacial score (nSPS) is 24.2. The number of hydrogen-bond acceptors (Lipinski definition) is 7. The van der Waals surface area contributed by atoms with Crippen LogP contribution in [0.25, 0.3) is 0 Å². The fraction of sp³-hybridized carbons (Fsp3) is 0.297. The number of aromatic hydroxyl groups is 1. The Bertz CT molecular complexity index is 2960. The van der Waals surface area contributed by atoms with Crippen LogP contribution in [0.3, 0.4) is 0 Å². The van der Waals surface area contributed by atoms with E-state index in [0.717, 1.165) is 14.2 Å². The zero-order valence-corrected chi connectivity index (χ0v) is 24.4. The molecule has 9 nitrogen and oxygen atoms in total. The Labute approximate surface area is 334 Å². The summed E-state index contributed by atoms with van der Waals surface area (Å²) in [7, 11) is 1.67. The molecule has 4 aromatic carbocycles. The number of carbonyl (C=O) groups is 2. The summed E-state index contributed by atoms with van der Waals surface area (Å²) in [5, 5.41) is 22.6. The monoisotopic (exact) mass is 701 g/mol. The van der Waals surface area contributed by atoms with Gasteiger partial charge in [-0.25, -0.2) is 9.59 Å². The largest absolute Gasteiger partial charge is 0.508 e. The fourth-order valence-electron chi connectivity index (χ4n) is 2.10. The first-order valence-electron chi connectivity index (χ1n) is 28.5. The second-order valence-electron chi connectivity index (χ2n) is 6.94. The van der Waals surface area contributed by atoms with Crippen LogP contribution in [0, 0.1) is 13.7 Å². The number of nitrogens with one attached hydrogen (secondary N) is 2. The molecule has 2 amide bonds. The Morgan fingerprint density at radius 1 is 0.766 bits per heavy atom. The molecule has 0 aromatic heterocycles. The van der Waals surface area contributed by atoms with Crippen LogP contribution in [0.5, 0.6) is 11.5 Å². The van der Waals surface area contributed by atoms with Gasteiger partial charge in [-0.1, -0.05) is 104 Å². The molecule has 0 bridgehead atoms. The summed E-state index contributed by atoms with van der Waals surface area (Å²) in [6, 6.07) is -17.9. The van der Waals surface area contributed by atoms with Crippen molar-refractivity contribution in [2.45, 2.75) is 46.0 Å². The van der Waals surface area contributed by atoms with Crippen LogP contribution in [0.2, 0.25) is 0 Å². The lowest BCUT2D eigenvalue weighted by molar-refractivity contribution is 0.154. The Morgan fingerprint density at radius 2 is 1.23 bits per heavy atom. The first-order valence-corrected chi connectivity index (χ1v) is 11.5. The summed E-state index contributed by atoms with van der Waals surface area (Å²) >= 11 is 0. The van der Waals surface area contributed by atoms with Gasteiger partial charge in [0.2, 0.25) is 0 Å². The number of para-hydroxylation sites is 2. The number of ether oxygens (including phenoxy) is 3. The van der Waals surface area contributed by atoms with E-state index in [2.05, 4.69) is 9.47 Å². The molecule has 0 fully saturated rings. The van der Waals surface area contributed by atoms with Crippen LogP contribution >= 0.6 is 13.5 Å². The van der Waals surface area contributed by atoms with Crippen molar-refractivity contribution in [2.75, 3.05) is 27.2 Å². The summed E-state index contributed by atoms with van der Waals surface area (Å²) in [5.41, 5.74) is -4.53. The molecule has 0 heterocycles. The first-order chi connectivity index (χ1) is 35.3. The fourth-order valence-corrected chi connectivity index (χ4v) is 2.10. The molecule has 0 aliphatic rings. The van der Waals surface area contributed by atoms with Gasteiger partial charge in [0.15, 0.2) is 0 Å². The van der Waals surface area contributed by atoms with Gasteiger partial charge in [-0.05, 0) is 54.4 Å². The number of benzene rings is 4. The van der Waals surface area contributed by atoms with Gasteiger partial charge in [0.25, 0.3) is 0 Å². The van der Waals surface area contributed by atoms with Gasteiger partial charge in [-0.3, -0.25) is 0 Å². The van der Waals surface area contributed by atoms with Gasteiger partial charge in [-0.15, -0.1) is 0 Å². The maximum atomic E-state index is 11.8. The van der Waals surface area contributed by atoms with Gasteiger partial charge in [0, 0.05) is 38.6 Å². The Hall–Kier alpha value is -4.67. The maximum absolute atomic E-state index is 11.8. The van der Waals surface area contributed by atoms with Crippen LogP contribution < -0.4 is 15.4 Å². The lowest BCUT2D eigenvalue weighted by atomic mass is 10.1. The highest BCUT2D eigenvalue weighted by Crippen LogP contribution is 2.27. The molecular weight excluding hydrogens is 616 g/mol. The minimum atomic E-state index is -4.00. The van der Waals surface area contributed by atoms with Crippen molar-refractivity contribution in [1.29, 1.82) is 0 Å². The minimum Gasteiger partial charge on any atom is -0.508 e. The van der Waals surface area contributed by atoms with Crippen molar-refractivity contribution >= 4 is 25.7 Å². The molecule has 0 aliphatic heterocycles. The number of rotatable bonds is 10. The van der Waals surface area contributed by atoms with E-state index in [1.165, 1.54) is 10.6 Å². The van der Waals surface area contributed by atoms with Gasteiger partial charge in [0.1, 0.15) is 17.6 Å². The molecule has 4 rings (SSSR count). The topological polar surface area (TPSA) is 126 Å². The van der Waals surface area contributed by atoms with Gasteiger partial charge in [-0.2, -0.15) is 13.5 Å². The lowest BCUT2D eigenvalue weighted by Gasteiger charge is -2.21. The van der Waals surface area contributed by atoms with Crippen LogP contribution in [0.15, 0.2) is 109 Å². The highest BCUT2D eigenvalue weighted by atomic mass is 32.1. The minimum absolute atomic E-state index is 0. The standard InChI is InChI=1S/C18H21NO3.C11H15NO3.C7H8O.CH4.H2S/c1-14-8-6-7-11-16(14)22-17(12-13-19-18(20)21-2)15-9-4-3-5-10-15;1-15-11(14)12-8-7-10(13)9-5-3-2-4-6-9;1-6-4-2-3-5-7(6)8;;/h3-11,17H,12-13H2,1-2H3,(H,19,20);2-6,10,13H,7-8H2,1H3,(H,12,14);2-5,8H,1H3;1H4;1H2/t17-;10-;;;/m10.../s1/i1D3,3D,4D,5D,6D,7D,8D,9D,10D,11D,12D2,13D2,17D;2D,3D,4D,5D,6D,7D2,8D2,10D;1D3,2D,3D,4D,5D;;. The maximum Gasteiger partial charge on any atom is 0.406 e. The van der Waals surface area contributed by atoms with Crippen molar-refractivity contribution in [2.24, 2.45) is 0 Å². The van der Waals surface area contributed by atoms with Crippen LogP contribution in [0.4, 0.5) is 9.59 Å². The van der Waals surface area contributed by atoms with Crippen molar-refractivity contribution in [3.63, 3.8) is 0 Å². The zero-order valence-electron chi connectivity index (χ0n) is 57.4. The summed E-state index contributed by atoms with van der Waals surface area (Å²) in [5.74, 6) is -2.29.